The summed E-state index contributed by atoms with van der Waals surface area (Å²) in [4.78, 5) is 0.890. The fourth-order valence-corrected chi connectivity index (χ4v) is 4.09. The Balaban J connectivity index is 1.54. The molecule has 4 rings (SSSR count). The molecule has 0 saturated carbocycles. The van der Waals surface area contributed by atoms with Crippen molar-refractivity contribution < 1.29 is 13.2 Å². The second-order valence-electron chi connectivity index (χ2n) is 5.76. The van der Waals surface area contributed by atoms with E-state index >= 15 is 0 Å². The lowest BCUT2D eigenvalue weighted by Gasteiger charge is -2.05. The van der Waals surface area contributed by atoms with E-state index in [1.807, 2.05) is 18.2 Å². The molecule has 0 aliphatic rings. The van der Waals surface area contributed by atoms with Crippen LogP contribution in [0.3, 0.4) is 0 Å². The van der Waals surface area contributed by atoms with Crippen molar-refractivity contribution >= 4 is 37.7 Å². The number of nitrogens with zero attached hydrogens (tertiary/aromatic N) is 4. The van der Waals surface area contributed by atoms with Crippen molar-refractivity contribution in [1.29, 1.82) is 0 Å². The van der Waals surface area contributed by atoms with Crippen LogP contribution in [0.15, 0.2) is 53.4 Å². The summed E-state index contributed by atoms with van der Waals surface area (Å²) < 4.78 is 30.3. The van der Waals surface area contributed by atoms with Crippen LogP contribution in [0.2, 0.25) is 5.02 Å². The molecule has 0 atom stereocenters. The molecule has 2 heterocycles. The van der Waals surface area contributed by atoms with E-state index in [9.17, 15) is 8.42 Å². The maximum absolute atomic E-state index is 11.5. The van der Waals surface area contributed by atoms with Crippen molar-refractivity contribution in [3.8, 4) is 16.3 Å². The number of benzene rings is 2. The molecule has 0 amide bonds. The van der Waals surface area contributed by atoms with E-state index in [-0.39, 0.29) is 11.5 Å². The normalized spacial score (nSPS) is 11.8. The molecule has 2 aromatic heterocycles. The molecule has 0 bridgehead atoms. The van der Waals surface area contributed by atoms with Gasteiger partial charge in [-0.05, 0) is 36.4 Å². The number of hydrogen-bond donors (Lipinski definition) is 0. The van der Waals surface area contributed by atoms with Gasteiger partial charge in [-0.3, -0.25) is 0 Å². The van der Waals surface area contributed by atoms with Crippen molar-refractivity contribution in [3.63, 3.8) is 0 Å². The Bertz CT molecular complexity index is 1220. The Morgan fingerprint density at radius 2 is 1.93 bits per heavy atom. The smallest absolute Gasteiger partial charge is 0.235 e. The van der Waals surface area contributed by atoms with Crippen LogP contribution in [-0.4, -0.2) is 34.5 Å². The average molecular weight is 421 g/mol. The summed E-state index contributed by atoms with van der Waals surface area (Å²) in [6.07, 6.45) is 1.16. The Morgan fingerprint density at radius 3 is 2.63 bits per heavy atom. The summed E-state index contributed by atoms with van der Waals surface area (Å²) in [7, 11) is -3.23. The van der Waals surface area contributed by atoms with Crippen LogP contribution in [-0.2, 0) is 16.4 Å². The molecule has 0 unspecified atom stereocenters. The zero-order valence-electron chi connectivity index (χ0n) is 14.0. The monoisotopic (exact) mass is 420 g/mol. The van der Waals surface area contributed by atoms with Crippen molar-refractivity contribution in [3.05, 3.63) is 59.4 Å². The van der Waals surface area contributed by atoms with Gasteiger partial charge in [-0.15, -0.1) is 10.2 Å². The third-order valence-electron chi connectivity index (χ3n) is 3.75. The summed E-state index contributed by atoms with van der Waals surface area (Å²) in [6.45, 7) is 0.151. The summed E-state index contributed by atoms with van der Waals surface area (Å²) >= 11 is 7.44. The highest BCUT2D eigenvalue weighted by molar-refractivity contribution is 7.90. The molecule has 0 radical (unpaired) electrons. The number of halogens is 1. The molecule has 27 heavy (non-hydrogen) atoms. The highest BCUT2D eigenvalue weighted by atomic mass is 35.5. The molecule has 10 heteroatoms. The maximum atomic E-state index is 11.5. The average Bonchev–Trinajstić information content (AvgIpc) is 3.20. The maximum Gasteiger partial charge on any atom is 0.235 e. The predicted octanol–water partition coefficient (Wildman–Crippen LogP) is 3.49. The van der Waals surface area contributed by atoms with Crippen LogP contribution in [0.5, 0.6) is 5.75 Å². The highest BCUT2D eigenvalue weighted by Crippen LogP contribution is 2.27. The van der Waals surface area contributed by atoms with Gasteiger partial charge in [-0.25, -0.2) is 8.42 Å². The van der Waals surface area contributed by atoms with Crippen molar-refractivity contribution in [2.24, 2.45) is 0 Å². The van der Waals surface area contributed by atoms with E-state index in [0.29, 0.717) is 21.6 Å². The molecule has 138 valence electrons. The Hall–Kier alpha value is -2.49. The van der Waals surface area contributed by atoms with Gasteiger partial charge in [-0.1, -0.05) is 35.1 Å². The first-order valence-corrected chi connectivity index (χ1v) is 10.9. The molecule has 0 aliphatic carbocycles. The Kier molecular flexibility index (Phi) is 4.58. The van der Waals surface area contributed by atoms with E-state index in [0.717, 1.165) is 16.8 Å². The minimum absolute atomic E-state index is 0.151. The Labute approximate surface area is 164 Å². The van der Waals surface area contributed by atoms with E-state index in [2.05, 4.69) is 15.3 Å². The quantitative estimate of drug-likeness (QED) is 0.491. The molecule has 0 fully saturated rings. The first kappa shape index (κ1) is 17.9. The van der Waals surface area contributed by atoms with Crippen LogP contribution in [0.1, 0.15) is 5.82 Å². The Morgan fingerprint density at radius 1 is 1.15 bits per heavy atom. The van der Waals surface area contributed by atoms with Gasteiger partial charge in [0.2, 0.25) is 4.96 Å². The van der Waals surface area contributed by atoms with Crippen LogP contribution in [0, 0.1) is 0 Å². The zero-order valence-corrected chi connectivity index (χ0v) is 16.4. The standard InChI is InChI=1S/C17H13ClN4O3S2/c1-27(23,24)14-7-5-13(6-8-14)25-10-15-19-20-17-22(15)21-16(26-17)11-3-2-4-12(18)9-11/h2-9H,10H2,1H3. The molecule has 0 N–H and O–H groups in total. The van der Waals surface area contributed by atoms with Crippen LogP contribution >= 0.6 is 22.9 Å². The molecule has 0 saturated heterocycles. The lowest BCUT2D eigenvalue weighted by atomic mass is 10.2. The van der Waals surface area contributed by atoms with Gasteiger partial charge in [-0.2, -0.15) is 9.61 Å². The van der Waals surface area contributed by atoms with Crippen LogP contribution in [0.4, 0.5) is 0 Å². The first-order valence-electron chi connectivity index (χ1n) is 7.80. The van der Waals surface area contributed by atoms with Gasteiger partial charge >= 0.3 is 0 Å². The fraction of sp³-hybridized carbons (Fsp3) is 0.118. The van der Waals surface area contributed by atoms with Gasteiger partial charge in [0.05, 0.1) is 4.90 Å². The number of hydrogen-bond acceptors (Lipinski definition) is 7. The number of ether oxygens (including phenoxy) is 1. The van der Waals surface area contributed by atoms with E-state index in [1.165, 1.54) is 23.5 Å². The van der Waals surface area contributed by atoms with Crippen molar-refractivity contribution in [1.82, 2.24) is 19.8 Å². The minimum atomic E-state index is -3.23. The molecule has 7 nitrogen and oxygen atoms in total. The third kappa shape index (κ3) is 3.80. The molecule has 2 aromatic carbocycles. The molecule has 4 aromatic rings. The van der Waals surface area contributed by atoms with Crippen molar-refractivity contribution in [2.45, 2.75) is 11.5 Å². The molecule has 0 spiro atoms. The van der Waals surface area contributed by atoms with Gasteiger partial charge in [0, 0.05) is 16.8 Å². The second kappa shape index (κ2) is 6.91. The first-order chi connectivity index (χ1) is 12.9. The third-order valence-corrected chi connectivity index (χ3v) is 6.06. The molecule has 0 aliphatic heterocycles. The van der Waals surface area contributed by atoms with Crippen molar-refractivity contribution in [2.75, 3.05) is 6.26 Å². The fourth-order valence-electron chi connectivity index (χ4n) is 2.42. The minimum Gasteiger partial charge on any atom is -0.486 e. The van der Waals surface area contributed by atoms with Crippen LogP contribution < -0.4 is 4.74 Å². The summed E-state index contributed by atoms with van der Waals surface area (Å²) in [5, 5.41) is 14.2. The number of sulfone groups is 1. The summed E-state index contributed by atoms with van der Waals surface area (Å²) in [6, 6.07) is 13.7. The van der Waals surface area contributed by atoms with Gasteiger partial charge < -0.3 is 4.74 Å². The predicted molar refractivity (Wildman–Crippen MR) is 103 cm³/mol. The van der Waals surface area contributed by atoms with Gasteiger partial charge in [0.25, 0.3) is 0 Å². The number of aromatic nitrogens is 4. The van der Waals surface area contributed by atoms with Crippen LogP contribution in [0.25, 0.3) is 15.5 Å². The highest BCUT2D eigenvalue weighted by Gasteiger charge is 2.14. The van der Waals surface area contributed by atoms with E-state index in [4.69, 9.17) is 16.3 Å². The summed E-state index contributed by atoms with van der Waals surface area (Å²) in [5.41, 5.74) is 0.904. The lowest BCUT2D eigenvalue weighted by Crippen LogP contribution is -2.03. The van der Waals surface area contributed by atoms with E-state index in [1.54, 1.807) is 22.7 Å². The molecular formula is C17H13ClN4O3S2. The molecular weight excluding hydrogens is 408 g/mol. The zero-order chi connectivity index (χ0) is 19.0. The SMILES string of the molecule is CS(=O)(=O)c1ccc(OCc2nnc3sc(-c4cccc(Cl)c4)nn23)cc1. The largest absolute Gasteiger partial charge is 0.486 e. The van der Waals surface area contributed by atoms with E-state index < -0.39 is 9.84 Å². The van der Waals surface area contributed by atoms with Gasteiger partial charge in [0.15, 0.2) is 15.7 Å². The topological polar surface area (TPSA) is 86.5 Å². The van der Waals surface area contributed by atoms with Gasteiger partial charge in [0.1, 0.15) is 17.4 Å². The lowest BCUT2D eigenvalue weighted by molar-refractivity contribution is 0.292. The summed E-state index contributed by atoms with van der Waals surface area (Å²) in [5.74, 6) is 1.08. The second-order valence-corrected chi connectivity index (χ2v) is 9.17. The number of fused-ring (bicyclic) bond motifs is 1. The number of rotatable bonds is 5.